The van der Waals surface area contributed by atoms with Crippen molar-refractivity contribution in [2.75, 3.05) is 6.54 Å². The van der Waals surface area contributed by atoms with Gasteiger partial charge in [0, 0.05) is 6.54 Å². The number of carboxylic acids is 1. The van der Waals surface area contributed by atoms with Gasteiger partial charge in [0.25, 0.3) is 0 Å². The number of hydrogen-bond donors (Lipinski definition) is 1. The molecule has 0 aliphatic carbocycles. The number of carboxylic acid groups (broad SMARTS) is 1. The number of nitrogens with zero attached hydrogens (tertiary/aromatic N) is 1. The average molecular weight is 337 g/mol. The van der Waals surface area contributed by atoms with Gasteiger partial charge in [-0.15, -0.1) is 0 Å². The van der Waals surface area contributed by atoms with E-state index < -0.39 is 17.6 Å². The van der Waals surface area contributed by atoms with E-state index in [1.165, 1.54) is 0 Å². The summed E-state index contributed by atoms with van der Waals surface area (Å²) in [6.45, 7) is 0.536. The third-order valence-corrected chi connectivity index (χ3v) is 4.90. The molecule has 1 heterocycles. The van der Waals surface area contributed by atoms with E-state index >= 15 is 0 Å². The van der Waals surface area contributed by atoms with Crippen LogP contribution in [0.3, 0.4) is 0 Å². The molecule has 3 aromatic carbocycles. The van der Waals surface area contributed by atoms with Crippen LogP contribution in [0.4, 0.5) is 0 Å². The molecule has 1 aliphatic heterocycles. The van der Waals surface area contributed by atoms with Gasteiger partial charge in [-0.05, 0) is 16.7 Å². The molecule has 26 heavy (non-hydrogen) atoms. The molecule has 126 valence electrons. The first-order valence-corrected chi connectivity index (χ1v) is 8.40. The Bertz CT molecular complexity index is 772. The molecule has 4 heteroatoms. The zero-order valence-corrected chi connectivity index (χ0v) is 13.7. The van der Waals surface area contributed by atoms with Gasteiger partial charge < -0.3 is 5.11 Å². The summed E-state index contributed by atoms with van der Waals surface area (Å²) < 4.78 is 0. The first kappa shape index (κ1) is 18.5. The van der Waals surface area contributed by atoms with E-state index in [-0.39, 0.29) is 18.9 Å². The van der Waals surface area contributed by atoms with Crippen molar-refractivity contribution in [3.8, 4) is 0 Å². The van der Waals surface area contributed by atoms with Gasteiger partial charge in [0.05, 0.1) is 5.54 Å². The second kappa shape index (κ2) is 7.51. The first-order chi connectivity index (χ1) is 12.2. The standard InChI is InChI=1S/C22H19NO2.Li.H/c24-21(25)20-16-23(20)22(17-10-4-1-5-11-17,18-12-6-2-7-13-18)19-14-8-3-9-15-19;;/h1-15,20H,16H2,(H,24,25);;/t20-,23?;;/m1../s1. The Morgan fingerprint density at radius 1 is 0.769 bits per heavy atom. The van der Waals surface area contributed by atoms with E-state index in [0.717, 1.165) is 16.7 Å². The summed E-state index contributed by atoms with van der Waals surface area (Å²) in [4.78, 5) is 13.7. The Hall–Kier alpha value is -2.31. The van der Waals surface area contributed by atoms with Crippen molar-refractivity contribution >= 4 is 24.8 Å². The predicted octanol–water partition coefficient (Wildman–Crippen LogP) is 3.10. The number of benzene rings is 3. The summed E-state index contributed by atoms with van der Waals surface area (Å²) in [7, 11) is 0. The molecular formula is C22H20LiNO2. The van der Waals surface area contributed by atoms with Crippen molar-refractivity contribution in [1.82, 2.24) is 4.90 Å². The molecule has 0 aromatic heterocycles. The molecule has 3 nitrogen and oxygen atoms in total. The summed E-state index contributed by atoms with van der Waals surface area (Å²) in [6.07, 6.45) is 0. The van der Waals surface area contributed by atoms with Gasteiger partial charge in [-0.2, -0.15) is 0 Å². The normalized spacial score (nSPS) is 18.6. The fourth-order valence-corrected chi connectivity index (χ4v) is 3.76. The van der Waals surface area contributed by atoms with E-state index in [9.17, 15) is 9.90 Å². The number of hydrogen-bond acceptors (Lipinski definition) is 2. The molecule has 1 aliphatic rings. The summed E-state index contributed by atoms with van der Waals surface area (Å²) in [5, 5.41) is 9.59. The van der Waals surface area contributed by atoms with Crippen LogP contribution in [-0.2, 0) is 10.3 Å². The third-order valence-electron chi connectivity index (χ3n) is 4.90. The van der Waals surface area contributed by atoms with Crippen LogP contribution in [0.15, 0.2) is 91.0 Å². The molecule has 0 radical (unpaired) electrons. The Kier molecular flexibility index (Phi) is 5.34. The van der Waals surface area contributed by atoms with E-state index in [1.807, 2.05) is 54.6 Å². The zero-order chi connectivity index (χ0) is 17.3. The predicted molar refractivity (Wildman–Crippen MR) is 104 cm³/mol. The third kappa shape index (κ3) is 2.99. The van der Waals surface area contributed by atoms with E-state index in [0.29, 0.717) is 6.54 Å². The van der Waals surface area contributed by atoms with Gasteiger partial charge in [-0.1, -0.05) is 91.0 Å². The molecule has 3 aromatic rings. The van der Waals surface area contributed by atoms with Gasteiger partial charge in [0.1, 0.15) is 6.04 Å². The summed E-state index contributed by atoms with van der Waals surface area (Å²) >= 11 is 0. The molecule has 0 bridgehead atoms. The average Bonchev–Trinajstić information content (AvgIpc) is 3.47. The Morgan fingerprint density at radius 2 is 1.12 bits per heavy atom. The zero-order valence-electron chi connectivity index (χ0n) is 13.7. The fourth-order valence-electron chi connectivity index (χ4n) is 3.76. The molecule has 0 amide bonds. The van der Waals surface area contributed by atoms with Crippen LogP contribution in [0.25, 0.3) is 0 Å². The molecular weight excluding hydrogens is 317 g/mol. The van der Waals surface area contributed by atoms with Crippen LogP contribution in [0.5, 0.6) is 0 Å². The van der Waals surface area contributed by atoms with Crippen molar-refractivity contribution in [3.63, 3.8) is 0 Å². The summed E-state index contributed by atoms with van der Waals surface area (Å²) in [5.41, 5.74) is 2.63. The molecule has 0 spiro atoms. The minimum absolute atomic E-state index is 0. The van der Waals surface area contributed by atoms with Crippen molar-refractivity contribution in [2.24, 2.45) is 0 Å². The Labute approximate surface area is 165 Å². The molecule has 1 unspecified atom stereocenters. The number of rotatable bonds is 5. The summed E-state index contributed by atoms with van der Waals surface area (Å²) in [6, 6.07) is 30.0. The van der Waals surface area contributed by atoms with Gasteiger partial charge in [0.2, 0.25) is 0 Å². The van der Waals surface area contributed by atoms with Crippen molar-refractivity contribution in [2.45, 2.75) is 11.6 Å². The second-order valence-electron chi connectivity index (χ2n) is 6.31. The van der Waals surface area contributed by atoms with Gasteiger partial charge in [0.15, 0.2) is 0 Å². The monoisotopic (exact) mass is 337 g/mol. The number of aliphatic carboxylic acids is 1. The second-order valence-corrected chi connectivity index (χ2v) is 6.31. The quantitative estimate of drug-likeness (QED) is 0.442. The maximum absolute atomic E-state index is 11.7. The van der Waals surface area contributed by atoms with Crippen molar-refractivity contribution in [1.29, 1.82) is 0 Å². The Morgan fingerprint density at radius 3 is 1.38 bits per heavy atom. The molecule has 4 rings (SSSR count). The SMILES string of the molecule is O=C(O)[C@H]1CN1C(c1ccccc1)(c1ccccc1)c1ccccc1.[LiH]. The minimum atomic E-state index is -0.771. The topological polar surface area (TPSA) is 40.3 Å². The van der Waals surface area contributed by atoms with Crippen LogP contribution in [0.1, 0.15) is 16.7 Å². The van der Waals surface area contributed by atoms with E-state index in [4.69, 9.17) is 0 Å². The van der Waals surface area contributed by atoms with E-state index in [1.54, 1.807) is 0 Å². The van der Waals surface area contributed by atoms with Crippen LogP contribution < -0.4 is 0 Å². The Balaban J connectivity index is 0.00000196. The van der Waals surface area contributed by atoms with Gasteiger partial charge in [-0.25, -0.2) is 0 Å². The van der Waals surface area contributed by atoms with Crippen LogP contribution in [0.2, 0.25) is 0 Å². The maximum atomic E-state index is 11.7. The van der Waals surface area contributed by atoms with Gasteiger partial charge in [-0.3, -0.25) is 9.69 Å². The van der Waals surface area contributed by atoms with Crippen LogP contribution in [-0.4, -0.2) is 47.4 Å². The summed E-state index contributed by atoms with van der Waals surface area (Å²) in [5.74, 6) is -0.771. The van der Waals surface area contributed by atoms with Crippen molar-refractivity contribution in [3.05, 3.63) is 108 Å². The number of carbonyl (C=O) groups is 1. The molecule has 1 saturated heterocycles. The molecule has 1 N–H and O–H groups in total. The molecule has 1 fully saturated rings. The van der Waals surface area contributed by atoms with Crippen molar-refractivity contribution < 1.29 is 9.90 Å². The van der Waals surface area contributed by atoms with Crippen LogP contribution in [0, 0.1) is 0 Å². The fraction of sp³-hybridized carbons (Fsp3) is 0.136. The molecule has 0 saturated carbocycles. The van der Waals surface area contributed by atoms with Crippen LogP contribution >= 0.6 is 0 Å². The first-order valence-electron chi connectivity index (χ1n) is 8.40. The molecule has 2 atom stereocenters. The van der Waals surface area contributed by atoms with E-state index in [2.05, 4.69) is 41.3 Å². The van der Waals surface area contributed by atoms with Gasteiger partial charge >= 0.3 is 24.8 Å².